The van der Waals surface area contributed by atoms with E-state index in [1.807, 2.05) is 0 Å². The van der Waals surface area contributed by atoms with Crippen LogP contribution in [0.3, 0.4) is 0 Å². The Morgan fingerprint density at radius 1 is 1.31 bits per heavy atom. The minimum Gasteiger partial charge on any atom is -0.0993 e. The van der Waals surface area contributed by atoms with Crippen molar-refractivity contribution >= 4 is 15.9 Å². The largest absolute Gasteiger partial charge is 0.0993 e. The first-order valence-corrected chi connectivity index (χ1v) is 6.71. The summed E-state index contributed by atoms with van der Waals surface area (Å²) in [4.78, 5) is 0. The molecule has 2 rings (SSSR count). The fourth-order valence-corrected chi connectivity index (χ4v) is 3.55. The number of hydrogen-bond acceptors (Lipinski definition) is 0. The lowest BCUT2D eigenvalue weighted by Gasteiger charge is -2.50. The first-order chi connectivity index (χ1) is 6.34. The number of hydrogen-bond donors (Lipinski definition) is 0. The van der Waals surface area contributed by atoms with Gasteiger partial charge in [-0.25, -0.2) is 0 Å². The van der Waals surface area contributed by atoms with E-state index in [4.69, 9.17) is 0 Å². The zero-order valence-corrected chi connectivity index (χ0v) is 9.85. The third-order valence-corrected chi connectivity index (χ3v) is 4.50. The van der Waals surface area contributed by atoms with Crippen molar-refractivity contribution in [2.45, 2.75) is 38.5 Å². The smallest absolute Gasteiger partial charge is 0.00315 e. The minimum atomic E-state index is 0.892. The van der Waals surface area contributed by atoms with Gasteiger partial charge in [-0.15, -0.1) is 0 Å². The molecule has 0 saturated heterocycles. The van der Waals surface area contributed by atoms with Gasteiger partial charge in [0.05, 0.1) is 0 Å². The molecule has 1 heteroatoms. The minimum absolute atomic E-state index is 0.892. The van der Waals surface area contributed by atoms with Crippen LogP contribution in [0.15, 0.2) is 12.2 Å². The van der Waals surface area contributed by atoms with Gasteiger partial charge < -0.3 is 0 Å². The van der Waals surface area contributed by atoms with Crippen molar-refractivity contribution in [1.82, 2.24) is 0 Å². The molecule has 74 valence electrons. The van der Waals surface area contributed by atoms with Gasteiger partial charge in [-0.2, -0.15) is 0 Å². The molecule has 0 bridgehead atoms. The predicted molar refractivity (Wildman–Crippen MR) is 61.1 cm³/mol. The van der Waals surface area contributed by atoms with Crippen LogP contribution < -0.4 is 0 Å². The molecule has 0 radical (unpaired) electrons. The van der Waals surface area contributed by atoms with Crippen LogP contribution in [0.25, 0.3) is 0 Å². The summed E-state index contributed by atoms with van der Waals surface area (Å²) in [6, 6.07) is 0. The lowest BCUT2D eigenvalue weighted by Crippen LogP contribution is -2.41. The van der Waals surface area contributed by atoms with E-state index in [0.29, 0.717) is 0 Å². The van der Waals surface area contributed by atoms with E-state index in [9.17, 15) is 0 Å². The Morgan fingerprint density at radius 2 is 2.08 bits per heavy atom. The van der Waals surface area contributed by atoms with Crippen molar-refractivity contribution in [3.63, 3.8) is 0 Å². The molecule has 0 aromatic heterocycles. The molecule has 0 amide bonds. The highest BCUT2D eigenvalue weighted by Crippen LogP contribution is 2.54. The molecule has 2 saturated carbocycles. The van der Waals surface area contributed by atoms with Crippen LogP contribution in [-0.4, -0.2) is 5.33 Å². The van der Waals surface area contributed by atoms with E-state index in [0.717, 1.165) is 23.1 Å². The second kappa shape index (κ2) is 4.16. The summed E-state index contributed by atoms with van der Waals surface area (Å²) in [7, 11) is 0. The summed E-state index contributed by atoms with van der Waals surface area (Å²) in [6.45, 7) is 4.26. The summed E-state index contributed by atoms with van der Waals surface area (Å²) in [5.74, 6) is 2.84. The predicted octanol–water partition coefficient (Wildman–Crippen LogP) is 4.15. The van der Waals surface area contributed by atoms with Crippen LogP contribution in [0.1, 0.15) is 38.5 Å². The molecule has 0 aromatic carbocycles. The number of halogens is 1. The van der Waals surface area contributed by atoms with Crippen LogP contribution >= 0.6 is 15.9 Å². The van der Waals surface area contributed by atoms with Crippen LogP contribution in [0.5, 0.6) is 0 Å². The first kappa shape index (κ1) is 9.76. The molecular weight excluding hydrogens is 224 g/mol. The standard InChI is InChI=1S/C12H19Br/c1-9-10-5-2-3-6-12(10)11(9)7-4-8-13/h10-12H,1-8H2. The summed E-state index contributed by atoms with van der Waals surface area (Å²) in [5.41, 5.74) is 1.59. The second-order valence-corrected chi connectivity index (χ2v) is 5.36. The Labute approximate surface area is 89.9 Å². The molecule has 2 aliphatic carbocycles. The second-order valence-electron chi connectivity index (χ2n) is 4.57. The van der Waals surface area contributed by atoms with Crippen molar-refractivity contribution in [1.29, 1.82) is 0 Å². The Morgan fingerprint density at radius 3 is 2.85 bits per heavy atom. The molecule has 2 fully saturated rings. The molecule has 0 heterocycles. The molecule has 0 aliphatic heterocycles. The summed E-state index contributed by atoms with van der Waals surface area (Å²) in [5, 5.41) is 1.16. The number of allylic oxidation sites excluding steroid dienone is 1. The van der Waals surface area contributed by atoms with Gasteiger partial charge in [0.2, 0.25) is 0 Å². The van der Waals surface area contributed by atoms with Crippen LogP contribution in [-0.2, 0) is 0 Å². The van der Waals surface area contributed by atoms with Crippen molar-refractivity contribution in [2.75, 3.05) is 5.33 Å². The van der Waals surface area contributed by atoms with Crippen LogP contribution in [0, 0.1) is 17.8 Å². The molecule has 0 aromatic rings. The van der Waals surface area contributed by atoms with E-state index >= 15 is 0 Å². The highest BCUT2D eigenvalue weighted by molar-refractivity contribution is 9.09. The lowest BCUT2D eigenvalue weighted by molar-refractivity contribution is 0.107. The fourth-order valence-electron chi connectivity index (χ4n) is 3.23. The van der Waals surface area contributed by atoms with Gasteiger partial charge >= 0.3 is 0 Å². The average Bonchev–Trinajstić information content (AvgIpc) is 2.18. The van der Waals surface area contributed by atoms with Gasteiger partial charge in [-0.05, 0) is 43.4 Å². The summed E-state index contributed by atoms with van der Waals surface area (Å²) >= 11 is 3.51. The van der Waals surface area contributed by atoms with Gasteiger partial charge in [0.15, 0.2) is 0 Å². The Hall–Kier alpha value is 0.220. The molecule has 0 N–H and O–H groups in total. The molecule has 0 nitrogen and oxygen atoms in total. The van der Waals surface area contributed by atoms with Gasteiger partial charge in [0.1, 0.15) is 0 Å². The highest BCUT2D eigenvalue weighted by atomic mass is 79.9. The van der Waals surface area contributed by atoms with Crippen LogP contribution in [0.4, 0.5) is 0 Å². The zero-order chi connectivity index (χ0) is 9.26. The van der Waals surface area contributed by atoms with Crippen LogP contribution in [0.2, 0.25) is 0 Å². The molecule has 13 heavy (non-hydrogen) atoms. The number of alkyl halides is 1. The first-order valence-electron chi connectivity index (χ1n) is 5.59. The monoisotopic (exact) mass is 242 g/mol. The van der Waals surface area contributed by atoms with Gasteiger partial charge in [-0.3, -0.25) is 0 Å². The highest BCUT2D eigenvalue weighted by Gasteiger charge is 2.44. The van der Waals surface area contributed by atoms with Crippen molar-refractivity contribution in [3.8, 4) is 0 Å². The normalized spacial score (nSPS) is 38.2. The maximum Gasteiger partial charge on any atom is 0.00315 e. The maximum absolute atomic E-state index is 4.26. The molecule has 0 spiro atoms. The van der Waals surface area contributed by atoms with Crippen molar-refractivity contribution < 1.29 is 0 Å². The number of fused-ring (bicyclic) bond motifs is 1. The Balaban J connectivity index is 1.87. The third-order valence-electron chi connectivity index (χ3n) is 3.94. The Bertz CT molecular complexity index is 197. The Kier molecular flexibility index (Phi) is 3.13. The number of rotatable bonds is 3. The average molecular weight is 243 g/mol. The van der Waals surface area contributed by atoms with E-state index in [-0.39, 0.29) is 0 Å². The zero-order valence-electron chi connectivity index (χ0n) is 8.27. The topological polar surface area (TPSA) is 0 Å². The molecular formula is C12H19Br. The van der Waals surface area contributed by atoms with Crippen molar-refractivity contribution in [3.05, 3.63) is 12.2 Å². The van der Waals surface area contributed by atoms with Gasteiger partial charge in [0, 0.05) is 5.33 Å². The van der Waals surface area contributed by atoms with Gasteiger partial charge in [-0.1, -0.05) is 40.9 Å². The van der Waals surface area contributed by atoms with Crippen molar-refractivity contribution in [2.24, 2.45) is 17.8 Å². The SMILES string of the molecule is C=C1C(CCCBr)C2CCCCC12. The summed E-state index contributed by atoms with van der Waals surface area (Å²) in [6.07, 6.45) is 8.55. The van der Waals surface area contributed by atoms with Gasteiger partial charge in [0.25, 0.3) is 0 Å². The van der Waals surface area contributed by atoms with E-state index in [1.54, 1.807) is 5.57 Å². The molecule has 2 aliphatic rings. The lowest BCUT2D eigenvalue weighted by atomic mass is 9.55. The van der Waals surface area contributed by atoms with E-state index in [2.05, 4.69) is 22.5 Å². The van der Waals surface area contributed by atoms with E-state index in [1.165, 1.54) is 38.5 Å². The van der Waals surface area contributed by atoms with E-state index < -0.39 is 0 Å². The summed E-state index contributed by atoms with van der Waals surface area (Å²) < 4.78 is 0. The third kappa shape index (κ3) is 1.72. The molecule has 3 atom stereocenters. The quantitative estimate of drug-likeness (QED) is 0.516. The maximum atomic E-state index is 4.26. The fraction of sp³-hybridized carbons (Fsp3) is 0.833. The molecule has 3 unspecified atom stereocenters.